The van der Waals surface area contributed by atoms with E-state index in [4.69, 9.17) is 23.4 Å². The molecule has 4 nitrogen and oxygen atoms in total. The van der Waals surface area contributed by atoms with Crippen LogP contribution in [0.5, 0.6) is 5.75 Å². The number of hydrogen-bond acceptors (Lipinski definition) is 3. The van der Waals surface area contributed by atoms with E-state index in [2.05, 4.69) is 27.2 Å². The Labute approximate surface area is 130 Å². The van der Waals surface area contributed by atoms with Gasteiger partial charge in [0.05, 0.1) is 0 Å². The van der Waals surface area contributed by atoms with Gasteiger partial charge in [-0.15, -0.1) is 6.42 Å². The van der Waals surface area contributed by atoms with Crippen LogP contribution in [-0.4, -0.2) is 29.6 Å². The maximum atomic E-state index is 12.0. The van der Waals surface area contributed by atoms with Crippen molar-refractivity contribution in [2.45, 2.75) is 0 Å². The lowest BCUT2D eigenvalue weighted by molar-refractivity contribution is -0.121. The van der Waals surface area contributed by atoms with Crippen LogP contribution in [0, 0.1) is 12.3 Å². The second-order valence-corrected chi connectivity index (χ2v) is 5.33. The van der Waals surface area contributed by atoms with Crippen LogP contribution >= 0.6 is 28.1 Å². The maximum absolute atomic E-state index is 12.0. The molecule has 1 N–H and O–H groups in total. The molecule has 1 heterocycles. The molecule has 102 valence electrons. The number of likely N-dealkylation sites (N-methyl/N-ethyl adjacent to an activating group) is 1. The molecule has 1 aliphatic heterocycles. The van der Waals surface area contributed by atoms with Gasteiger partial charge in [-0.2, -0.15) is 0 Å². The van der Waals surface area contributed by atoms with Gasteiger partial charge in [0.1, 0.15) is 18.1 Å². The van der Waals surface area contributed by atoms with Crippen molar-refractivity contribution >= 4 is 45.2 Å². The highest BCUT2D eigenvalue weighted by Crippen LogP contribution is 2.26. The summed E-state index contributed by atoms with van der Waals surface area (Å²) in [5.74, 6) is 2.83. The minimum atomic E-state index is -0.183. The number of nitrogens with zero attached hydrogens (tertiary/aromatic N) is 1. The molecule has 1 saturated heterocycles. The highest BCUT2D eigenvalue weighted by Gasteiger charge is 2.27. The van der Waals surface area contributed by atoms with Gasteiger partial charge in [0.25, 0.3) is 5.91 Å². The third-order valence-corrected chi connectivity index (χ3v) is 3.53. The number of terminal acetylenes is 1. The van der Waals surface area contributed by atoms with Crippen molar-refractivity contribution in [2.24, 2.45) is 0 Å². The van der Waals surface area contributed by atoms with E-state index in [1.807, 2.05) is 12.1 Å². The molecule has 1 aromatic carbocycles. The lowest BCUT2D eigenvalue weighted by Crippen LogP contribution is -2.25. The molecule has 6 heteroatoms. The number of halogens is 1. The highest BCUT2D eigenvalue weighted by molar-refractivity contribution is 9.10. The molecule has 0 radical (unpaired) electrons. The smallest absolute Gasteiger partial charge is 0.276 e. The standard InChI is InChI=1S/C14H11BrN2O2S/c1-3-6-19-12-5-4-10(15)7-9(12)8-11-13(18)17(2)14(20)16-11/h1,4-5,7-8H,6H2,2H3,(H,16,20). The van der Waals surface area contributed by atoms with Gasteiger partial charge < -0.3 is 10.1 Å². The Morgan fingerprint density at radius 1 is 1.60 bits per heavy atom. The Hall–Kier alpha value is -1.84. The fourth-order valence-corrected chi connectivity index (χ4v) is 2.23. The molecule has 1 aromatic rings. The number of ether oxygens (including phenoxy) is 1. The Morgan fingerprint density at radius 3 is 2.95 bits per heavy atom. The number of benzene rings is 1. The Balaban J connectivity index is 2.37. The molecule has 0 saturated carbocycles. The van der Waals surface area contributed by atoms with Crippen LogP contribution in [0.25, 0.3) is 6.08 Å². The van der Waals surface area contributed by atoms with Crippen molar-refractivity contribution in [3.05, 3.63) is 33.9 Å². The lowest BCUT2D eigenvalue weighted by atomic mass is 10.1. The summed E-state index contributed by atoms with van der Waals surface area (Å²) in [4.78, 5) is 13.3. The van der Waals surface area contributed by atoms with Gasteiger partial charge in [-0.1, -0.05) is 21.9 Å². The molecule has 1 fully saturated rings. The molecule has 0 aliphatic carbocycles. The van der Waals surface area contributed by atoms with Gasteiger partial charge in [0.2, 0.25) is 0 Å². The summed E-state index contributed by atoms with van der Waals surface area (Å²) in [5, 5.41) is 3.24. The van der Waals surface area contributed by atoms with E-state index in [0.29, 0.717) is 16.6 Å². The number of carbonyl (C=O) groups excluding carboxylic acids is 1. The van der Waals surface area contributed by atoms with Crippen molar-refractivity contribution in [3.8, 4) is 18.1 Å². The van der Waals surface area contributed by atoms with Gasteiger partial charge in [-0.25, -0.2) is 0 Å². The van der Waals surface area contributed by atoms with E-state index in [-0.39, 0.29) is 12.5 Å². The third kappa shape index (κ3) is 3.00. The van der Waals surface area contributed by atoms with E-state index in [1.165, 1.54) is 4.90 Å². The molecule has 20 heavy (non-hydrogen) atoms. The van der Waals surface area contributed by atoms with Crippen LogP contribution in [-0.2, 0) is 4.79 Å². The molecule has 1 amide bonds. The quantitative estimate of drug-likeness (QED) is 0.515. The van der Waals surface area contributed by atoms with Gasteiger partial charge in [0.15, 0.2) is 5.11 Å². The van der Waals surface area contributed by atoms with E-state index in [9.17, 15) is 4.79 Å². The molecule has 0 unspecified atom stereocenters. The average molecular weight is 351 g/mol. The molecule has 1 aliphatic rings. The van der Waals surface area contributed by atoms with Crippen LogP contribution in [0.2, 0.25) is 0 Å². The predicted octanol–water partition coefficient (Wildman–Crippen LogP) is 2.15. The summed E-state index contributed by atoms with van der Waals surface area (Å²) in [7, 11) is 1.62. The Bertz CT molecular complexity index is 649. The van der Waals surface area contributed by atoms with Crippen molar-refractivity contribution in [2.75, 3.05) is 13.7 Å². The van der Waals surface area contributed by atoms with Crippen LogP contribution in [0.4, 0.5) is 0 Å². The molecule has 0 atom stereocenters. The number of thiocarbonyl (C=S) groups is 1. The summed E-state index contributed by atoms with van der Waals surface area (Å²) in [5.41, 5.74) is 1.14. The second-order valence-electron chi connectivity index (χ2n) is 4.03. The second kappa shape index (κ2) is 6.07. The molecule has 0 aromatic heterocycles. The van der Waals surface area contributed by atoms with E-state index >= 15 is 0 Å². The van der Waals surface area contributed by atoms with Gasteiger partial charge in [-0.3, -0.25) is 9.69 Å². The zero-order valence-corrected chi connectivity index (χ0v) is 13.0. The average Bonchev–Trinajstić information content (AvgIpc) is 2.66. The predicted molar refractivity (Wildman–Crippen MR) is 85.0 cm³/mol. The first kappa shape index (κ1) is 14.6. The number of rotatable bonds is 3. The first-order valence-corrected chi connectivity index (χ1v) is 6.89. The number of hydrogen-bond donors (Lipinski definition) is 1. The van der Waals surface area contributed by atoms with Crippen LogP contribution in [0.15, 0.2) is 28.4 Å². The van der Waals surface area contributed by atoms with Crippen molar-refractivity contribution in [3.63, 3.8) is 0 Å². The largest absolute Gasteiger partial charge is 0.480 e. The zero-order chi connectivity index (χ0) is 14.7. The first-order valence-electron chi connectivity index (χ1n) is 5.69. The molecular weight excluding hydrogens is 340 g/mol. The summed E-state index contributed by atoms with van der Waals surface area (Å²) in [6.07, 6.45) is 6.88. The zero-order valence-electron chi connectivity index (χ0n) is 10.6. The van der Waals surface area contributed by atoms with Crippen LogP contribution in [0.1, 0.15) is 5.56 Å². The minimum Gasteiger partial charge on any atom is -0.480 e. The van der Waals surface area contributed by atoms with Gasteiger partial charge in [-0.05, 0) is 36.5 Å². The van der Waals surface area contributed by atoms with E-state index in [1.54, 1.807) is 19.2 Å². The minimum absolute atomic E-state index is 0.164. The van der Waals surface area contributed by atoms with Gasteiger partial charge in [0, 0.05) is 17.1 Å². The normalized spacial score (nSPS) is 16.2. The highest BCUT2D eigenvalue weighted by atomic mass is 79.9. The van der Waals surface area contributed by atoms with Crippen molar-refractivity contribution < 1.29 is 9.53 Å². The fourth-order valence-electron chi connectivity index (χ4n) is 1.66. The summed E-state index contributed by atoms with van der Waals surface area (Å²) in [6, 6.07) is 5.47. The Morgan fingerprint density at radius 2 is 2.35 bits per heavy atom. The molecule has 2 rings (SSSR count). The monoisotopic (exact) mass is 350 g/mol. The van der Waals surface area contributed by atoms with Crippen molar-refractivity contribution in [1.29, 1.82) is 0 Å². The SMILES string of the molecule is C#CCOc1ccc(Br)cc1C=C1NC(=S)N(C)C1=O. The summed E-state index contributed by atoms with van der Waals surface area (Å²) in [6.45, 7) is 0.164. The molecular formula is C14H11BrN2O2S. The van der Waals surface area contributed by atoms with Crippen LogP contribution in [0.3, 0.4) is 0 Å². The fraction of sp³-hybridized carbons (Fsp3) is 0.143. The summed E-state index contributed by atoms with van der Waals surface area (Å²) >= 11 is 8.41. The Kier molecular flexibility index (Phi) is 4.42. The van der Waals surface area contributed by atoms with Crippen LogP contribution < -0.4 is 10.1 Å². The van der Waals surface area contributed by atoms with Gasteiger partial charge >= 0.3 is 0 Å². The lowest BCUT2D eigenvalue weighted by Gasteiger charge is -2.07. The topological polar surface area (TPSA) is 41.6 Å². The number of nitrogens with one attached hydrogen (secondary N) is 1. The molecule has 0 spiro atoms. The molecule has 0 bridgehead atoms. The first-order chi connectivity index (χ1) is 9.52. The van der Waals surface area contributed by atoms with E-state index in [0.717, 1.165) is 10.0 Å². The maximum Gasteiger partial charge on any atom is 0.276 e. The van der Waals surface area contributed by atoms with Crippen molar-refractivity contribution in [1.82, 2.24) is 10.2 Å². The third-order valence-electron chi connectivity index (χ3n) is 2.66. The summed E-state index contributed by atoms with van der Waals surface area (Å²) < 4.78 is 6.33. The van der Waals surface area contributed by atoms with E-state index < -0.39 is 0 Å². The number of amides is 1. The number of carbonyl (C=O) groups is 1.